The van der Waals surface area contributed by atoms with Crippen LogP contribution < -0.4 is 0 Å². The van der Waals surface area contributed by atoms with Crippen LogP contribution in [0.4, 0.5) is 13.2 Å². The van der Waals surface area contributed by atoms with Gasteiger partial charge in [-0.2, -0.15) is 13.2 Å². The Morgan fingerprint density at radius 2 is 2.06 bits per heavy atom. The topological polar surface area (TPSA) is 17.1 Å². The molecule has 16 heavy (non-hydrogen) atoms. The summed E-state index contributed by atoms with van der Waals surface area (Å²) in [7, 11) is 0. The van der Waals surface area contributed by atoms with E-state index < -0.39 is 5.51 Å². The van der Waals surface area contributed by atoms with Gasteiger partial charge in [-0.05, 0) is 52.4 Å². The van der Waals surface area contributed by atoms with Gasteiger partial charge < -0.3 is 4.79 Å². The van der Waals surface area contributed by atoms with E-state index in [-0.39, 0.29) is 23.1 Å². The maximum atomic E-state index is 12.3. The van der Waals surface area contributed by atoms with Crippen LogP contribution in [0.15, 0.2) is 23.1 Å². The number of aryl methyl sites for hydroxylation is 1. The van der Waals surface area contributed by atoms with Crippen molar-refractivity contribution in [2.45, 2.75) is 23.2 Å². The van der Waals surface area contributed by atoms with E-state index in [9.17, 15) is 18.0 Å². The summed E-state index contributed by atoms with van der Waals surface area (Å²) in [5.41, 5.74) is -3.72. The number of thioether (sulfide) groups is 1. The first kappa shape index (κ1) is 13.8. The fraction of sp³-hybridized carbons (Fsp3) is 0.300. The highest BCUT2D eigenvalue weighted by Crippen LogP contribution is 2.41. The minimum atomic E-state index is -4.29. The highest BCUT2D eigenvalue weighted by Gasteiger charge is 2.31. The number of carbonyl (C=O) groups is 1. The molecular weight excluding hydrogens is 352 g/mol. The average molecular weight is 360 g/mol. The number of hydrogen-bond donors (Lipinski definition) is 0. The van der Waals surface area contributed by atoms with Gasteiger partial charge in [-0.25, -0.2) is 0 Å². The zero-order chi connectivity index (χ0) is 12.2. The largest absolute Gasteiger partial charge is 0.446 e. The second-order valence-corrected chi connectivity index (χ2v) is 5.22. The minimum Gasteiger partial charge on any atom is -0.303 e. The van der Waals surface area contributed by atoms with E-state index in [1.807, 2.05) is 22.6 Å². The second-order valence-electron chi connectivity index (χ2n) is 2.98. The molecule has 0 aliphatic heterocycles. The molecule has 88 valence electrons. The predicted octanol–water partition coefficient (Wildman–Crippen LogP) is 4.03. The molecule has 0 amide bonds. The molecule has 0 aliphatic rings. The molecule has 0 N–H and O–H groups in total. The quantitative estimate of drug-likeness (QED) is 0.458. The Bertz CT molecular complexity index is 379. The van der Waals surface area contributed by atoms with Gasteiger partial charge in [0.15, 0.2) is 0 Å². The molecule has 1 aromatic rings. The molecule has 1 aromatic carbocycles. The predicted molar refractivity (Wildman–Crippen MR) is 65.5 cm³/mol. The Kier molecular flexibility index (Phi) is 5.10. The molecule has 6 heteroatoms. The first-order valence-electron chi connectivity index (χ1n) is 4.41. The maximum Gasteiger partial charge on any atom is 0.446 e. The molecule has 0 aromatic heterocycles. The van der Waals surface area contributed by atoms with Crippen LogP contribution in [0.3, 0.4) is 0 Å². The van der Waals surface area contributed by atoms with Crippen LogP contribution >= 0.6 is 34.4 Å². The number of rotatable bonds is 4. The minimum absolute atomic E-state index is 0.119. The van der Waals surface area contributed by atoms with Gasteiger partial charge in [0.2, 0.25) is 0 Å². The first-order valence-corrected chi connectivity index (χ1v) is 6.30. The molecular formula is C10H8F3IOS. The molecule has 0 spiro atoms. The lowest BCUT2D eigenvalue weighted by molar-refractivity contribution is -0.107. The SMILES string of the molecule is O=CCCc1cccc(I)c1SC(F)(F)F. The Balaban J connectivity index is 2.98. The highest BCUT2D eigenvalue weighted by molar-refractivity contribution is 14.1. The van der Waals surface area contributed by atoms with Crippen molar-refractivity contribution in [3.63, 3.8) is 0 Å². The standard InChI is InChI=1S/C10H8F3IOS/c11-10(12,13)16-9-7(4-2-6-15)3-1-5-8(9)14/h1,3,5-6H,2,4H2. The normalized spacial score (nSPS) is 11.5. The maximum absolute atomic E-state index is 12.3. The lowest BCUT2D eigenvalue weighted by Gasteiger charge is -2.12. The van der Waals surface area contributed by atoms with Crippen LogP contribution in [0, 0.1) is 3.57 Å². The molecule has 0 atom stereocenters. The molecule has 0 saturated carbocycles. The lowest BCUT2D eigenvalue weighted by Crippen LogP contribution is -2.03. The number of hydrogen-bond acceptors (Lipinski definition) is 2. The highest BCUT2D eigenvalue weighted by atomic mass is 127. The molecule has 1 nitrogen and oxygen atoms in total. The average Bonchev–Trinajstić information content (AvgIpc) is 2.17. The smallest absolute Gasteiger partial charge is 0.303 e. The number of carbonyl (C=O) groups excluding carboxylic acids is 1. The molecule has 0 saturated heterocycles. The van der Waals surface area contributed by atoms with E-state index in [2.05, 4.69) is 0 Å². The van der Waals surface area contributed by atoms with Gasteiger partial charge >= 0.3 is 5.51 Å². The summed E-state index contributed by atoms with van der Waals surface area (Å²) >= 11 is 1.75. The van der Waals surface area contributed by atoms with Crippen molar-refractivity contribution in [3.05, 3.63) is 27.3 Å². The molecule has 0 heterocycles. The molecule has 0 fully saturated rings. The van der Waals surface area contributed by atoms with Crippen molar-refractivity contribution in [2.75, 3.05) is 0 Å². The van der Waals surface area contributed by atoms with Crippen LogP contribution in [-0.4, -0.2) is 11.8 Å². The van der Waals surface area contributed by atoms with Crippen molar-refractivity contribution in [3.8, 4) is 0 Å². The third-order valence-electron chi connectivity index (χ3n) is 1.80. The van der Waals surface area contributed by atoms with Crippen molar-refractivity contribution >= 4 is 40.6 Å². The van der Waals surface area contributed by atoms with Crippen LogP contribution in [0.25, 0.3) is 0 Å². The van der Waals surface area contributed by atoms with Gasteiger partial charge in [-0.3, -0.25) is 0 Å². The number of benzene rings is 1. The third kappa shape index (κ3) is 4.32. The monoisotopic (exact) mass is 360 g/mol. The van der Waals surface area contributed by atoms with Crippen molar-refractivity contribution < 1.29 is 18.0 Å². The van der Waals surface area contributed by atoms with E-state index >= 15 is 0 Å². The van der Waals surface area contributed by atoms with Gasteiger partial charge in [-0.15, -0.1) is 0 Å². The molecule has 0 bridgehead atoms. The van der Waals surface area contributed by atoms with Crippen LogP contribution in [-0.2, 0) is 11.2 Å². The van der Waals surface area contributed by atoms with Crippen LogP contribution in [0.5, 0.6) is 0 Å². The summed E-state index contributed by atoms with van der Waals surface area (Å²) in [6.07, 6.45) is 1.30. The number of aldehydes is 1. The summed E-state index contributed by atoms with van der Waals surface area (Å²) < 4.78 is 37.5. The van der Waals surface area contributed by atoms with Crippen molar-refractivity contribution in [2.24, 2.45) is 0 Å². The van der Waals surface area contributed by atoms with E-state index in [1.54, 1.807) is 18.2 Å². The number of halogens is 4. The van der Waals surface area contributed by atoms with E-state index in [0.29, 0.717) is 21.8 Å². The van der Waals surface area contributed by atoms with Gasteiger partial charge in [-0.1, -0.05) is 12.1 Å². The molecule has 0 aliphatic carbocycles. The van der Waals surface area contributed by atoms with Crippen molar-refractivity contribution in [1.82, 2.24) is 0 Å². The fourth-order valence-electron chi connectivity index (χ4n) is 1.19. The Labute approximate surface area is 109 Å². The Hall–Kier alpha value is -0.240. The zero-order valence-electron chi connectivity index (χ0n) is 8.05. The van der Waals surface area contributed by atoms with Gasteiger partial charge in [0, 0.05) is 14.9 Å². The Morgan fingerprint density at radius 1 is 1.38 bits per heavy atom. The summed E-state index contributed by atoms with van der Waals surface area (Å²) in [5, 5.41) is 0. The summed E-state index contributed by atoms with van der Waals surface area (Å²) in [4.78, 5) is 10.4. The second kappa shape index (κ2) is 5.90. The van der Waals surface area contributed by atoms with Crippen molar-refractivity contribution in [1.29, 1.82) is 0 Å². The van der Waals surface area contributed by atoms with E-state index in [1.165, 1.54) is 0 Å². The van der Waals surface area contributed by atoms with E-state index in [0.717, 1.165) is 0 Å². The van der Waals surface area contributed by atoms with Gasteiger partial charge in [0.05, 0.1) is 0 Å². The number of alkyl halides is 3. The first-order chi connectivity index (χ1) is 7.44. The fourth-order valence-corrected chi connectivity index (χ4v) is 2.78. The van der Waals surface area contributed by atoms with Gasteiger partial charge in [0.25, 0.3) is 0 Å². The third-order valence-corrected chi connectivity index (χ3v) is 3.98. The van der Waals surface area contributed by atoms with Crippen LogP contribution in [0.2, 0.25) is 0 Å². The van der Waals surface area contributed by atoms with Crippen LogP contribution in [0.1, 0.15) is 12.0 Å². The lowest BCUT2D eigenvalue weighted by atomic mass is 10.1. The van der Waals surface area contributed by atoms with Gasteiger partial charge in [0.1, 0.15) is 6.29 Å². The molecule has 0 radical (unpaired) electrons. The van der Waals surface area contributed by atoms with E-state index in [4.69, 9.17) is 0 Å². The summed E-state index contributed by atoms with van der Waals surface area (Å²) in [6, 6.07) is 4.95. The summed E-state index contributed by atoms with van der Waals surface area (Å²) in [6.45, 7) is 0. The zero-order valence-corrected chi connectivity index (χ0v) is 11.0. The Morgan fingerprint density at radius 3 is 2.62 bits per heavy atom. The summed E-state index contributed by atoms with van der Waals surface area (Å²) in [5.74, 6) is 0. The molecule has 1 rings (SSSR count). The molecule has 0 unspecified atom stereocenters.